The molecule has 1 radical (unpaired) electrons. The van der Waals surface area contributed by atoms with Gasteiger partial charge in [0, 0.05) is 5.56 Å². The summed E-state index contributed by atoms with van der Waals surface area (Å²) in [7, 11) is 1.72. The number of hydrogen-bond acceptors (Lipinski definition) is 1. The Morgan fingerprint density at radius 2 is 2.27 bits per heavy atom. The third-order valence-electron chi connectivity index (χ3n) is 2.14. The van der Waals surface area contributed by atoms with E-state index in [2.05, 4.69) is 18.6 Å². The Morgan fingerprint density at radius 3 is 3.09 bits per heavy atom. The molecule has 57 valence electrons. The van der Waals surface area contributed by atoms with E-state index in [1.807, 2.05) is 6.07 Å². The van der Waals surface area contributed by atoms with Crippen LogP contribution in [0.1, 0.15) is 17.5 Å². The van der Waals surface area contributed by atoms with E-state index in [9.17, 15) is 0 Å². The molecule has 1 heteroatoms. The van der Waals surface area contributed by atoms with Gasteiger partial charge in [0.25, 0.3) is 0 Å². The van der Waals surface area contributed by atoms with E-state index in [0.717, 1.165) is 12.2 Å². The monoisotopic (exact) mass is 147 g/mol. The van der Waals surface area contributed by atoms with Gasteiger partial charge in [-0.25, -0.2) is 0 Å². The summed E-state index contributed by atoms with van der Waals surface area (Å²) >= 11 is 0. The second-order valence-electron chi connectivity index (χ2n) is 2.78. The van der Waals surface area contributed by atoms with Crippen molar-refractivity contribution in [3.63, 3.8) is 0 Å². The second kappa shape index (κ2) is 2.57. The van der Waals surface area contributed by atoms with E-state index in [0.29, 0.717) is 0 Å². The minimum Gasteiger partial charge on any atom is -0.496 e. The maximum atomic E-state index is 5.23. The summed E-state index contributed by atoms with van der Waals surface area (Å²) in [5, 5.41) is 0. The molecular formula is C10H11O. The molecule has 0 spiro atoms. The number of fused-ring (bicyclic) bond motifs is 1. The van der Waals surface area contributed by atoms with Crippen LogP contribution in [0.15, 0.2) is 18.2 Å². The van der Waals surface area contributed by atoms with Gasteiger partial charge in [0.1, 0.15) is 5.75 Å². The van der Waals surface area contributed by atoms with Gasteiger partial charge in [-0.3, -0.25) is 0 Å². The summed E-state index contributed by atoms with van der Waals surface area (Å²) in [5.41, 5.74) is 2.72. The van der Waals surface area contributed by atoms with Crippen molar-refractivity contribution in [1.82, 2.24) is 0 Å². The molecule has 0 saturated heterocycles. The zero-order valence-electron chi connectivity index (χ0n) is 6.63. The van der Waals surface area contributed by atoms with Gasteiger partial charge in [-0.2, -0.15) is 0 Å². The van der Waals surface area contributed by atoms with Gasteiger partial charge >= 0.3 is 0 Å². The molecule has 0 heterocycles. The van der Waals surface area contributed by atoms with Gasteiger partial charge in [-0.05, 0) is 30.9 Å². The van der Waals surface area contributed by atoms with Crippen molar-refractivity contribution in [2.75, 3.05) is 7.11 Å². The summed E-state index contributed by atoms with van der Waals surface area (Å²) in [6.45, 7) is 0. The van der Waals surface area contributed by atoms with Gasteiger partial charge in [-0.1, -0.05) is 12.1 Å². The first-order valence-corrected chi connectivity index (χ1v) is 3.91. The average molecular weight is 147 g/mol. The van der Waals surface area contributed by atoms with Crippen LogP contribution in [0, 0.1) is 6.42 Å². The lowest BCUT2D eigenvalue weighted by Crippen LogP contribution is -1.88. The first-order valence-electron chi connectivity index (χ1n) is 3.91. The highest BCUT2D eigenvalue weighted by Crippen LogP contribution is 2.31. The van der Waals surface area contributed by atoms with Gasteiger partial charge in [-0.15, -0.1) is 0 Å². The van der Waals surface area contributed by atoms with Crippen molar-refractivity contribution in [3.8, 4) is 5.75 Å². The van der Waals surface area contributed by atoms with E-state index < -0.39 is 0 Å². The van der Waals surface area contributed by atoms with Crippen LogP contribution >= 0.6 is 0 Å². The molecule has 1 aromatic carbocycles. The number of hydrogen-bond donors (Lipinski definition) is 0. The Morgan fingerprint density at radius 1 is 1.36 bits per heavy atom. The van der Waals surface area contributed by atoms with Crippen LogP contribution in [-0.4, -0.2) is 7.11 Å². The van der Waals surface area contributed by atoms with E-state index in [-0.39, 0.29) is 0 Å². The zero-order valence-corrected chi connectivity index (χ0v) is 6.63. The third-order valence-corrected chi connectivity index (χ3v) is 2.14. The SMILES string of the molecule is COc1cccc2c1[CH]CC2. The molecule has 0 N–H and O–H groups in total. The summed E-state index contributed by atoms with van der Waals surface area (Å²) < 4.78 is 5.23. The lowest BCUT2D eigenvalue weighted by atomic mass is 10.1. The zero-order chi connectivity index (χ0) is 7.68. The van der Waals surface area contributed by atoms with Crippen molar-refractivity contribution in [2.24, 2.45) is 0 Å². The van der Waals surface area contributed by atoms with Crippen LogP contribution in [-0.2, 0) is 6.42 Å². The second-order valence-corrected chi connectivity index (χ2v) is 2.78. The summed E-state index contributed by atoms with van der Waals surface area (Å²) in [6.07, 6.45) is 4.58. The standard InChI is InChI=1S/C10H11O/c1-11-10-7-3-5-8-4-2-6-9(8)10/h3,5-7H,2,4H2,1H3. The minimum absolute atomic E-state index is 1.01. The summed E-state index contributed by atoms with van der Waals surface area (Å²) in [6, 6.07) is 6.23. The van der Waals surface area contributed by atoms with Crippen LogP contribution < -0.4 is 4.74 Å². The van der Waals surface area contributed by atoms with Crippen LogP contribution in [0.2, 0.25) is 0 Å². The molecule has 1 aliphatic rings. The molecule has 0 aromatic heterocycles. The smallest absolute Gasteiger partial charge is 0.122 e. The maximum absolute atomic E-state index is 5.23. The Kier molecular flexibility index (Phi) is 1.57. The topological polar surface area (TPSA) is 9.23 Å². The van der Waals surface area contributed by atoms with Crippen molar-refractivity contribution in [2.45, 2.75) is 12.8 Å². The maximum Gasteiger partial charge on any atom is 0.122 e. The van der Waals surface area contributed by atoms with Crippen LogP contribution in [0.4, 0.5) is 0 Å². The highest BCUT2D eigenvalue weighted by molar-refractivity contribution is 5.48. The van der Waals surface area contributed by atoms with Crippen molar-refractivity contribution >= 4 is 0 Å². The Balaban J connectivity index is 2.50. The fraction of sp³-hybridized carbons (Fsp3) is 0.300. The number of benzene rings is 1. The van der Waals surface area contributed by atoms with Gasteiger partial charge in [0.15, 0.2) is 0 Å². The summed E-state index contributed by atoms with van der Waals surface area (Å²) in [5.74, 6) is 1.01. The van der Waals surface area contributed by atoms with E-state index in [1.165, 1.54) is 17.5 Å². The average Bonchev–Trinajstić information content (AvgIpc) is 2.50. The fourth-order valence-electron chi connectivity index (χ4n) is 1.59. The first kappa shape index (κ1) is 6.71. The number of rotatable bonds is 1. The highest BCUT2D eigenvalue weighted by Gasteiger charge is 2.14. The summed E-state index contributed by atoms with van der Waals surface area (Å²) in [4.78, 5) is 0. The first-order chi connectivity index (χ1) is 5.42. The van der Waals surface area contributed by atoms with Crippen LogP contribution in [0.5, 0.6) is 5.75 Å². The molecule has 0 bridgehead atoms. The molecule has 1 aromatic rings. The molecule has 11 heavy (non-hydrogen) atoms. The fourth-order valence-corrected chi connectivity index (χ4v) is 1.59. The van der Waals surface area contributed by atoms with Crippen molar-refractivity contribution < 1.29 is 4.74 Å². The largest absolute Gasteiger partial charge is 0.496 e. The molecule has 0 atom stereocenters. The van der Waals surface area contributed by atoms with Gasteiger partial charge in [0.05, 0.1) is 7.11 Å². The normalized spacial score (nSPS) is 14.6. The van der Waals surface area contributed by atoms with Crippen molar-refractivity contribution in [3.05, 3.63) is 35.7 Å². The minimum atomic E-state index is 1.01. The lowest BCUT2D eigenvalue weighted by Gasteiger charge is -2.04. The molecule has 0 unspecified atom stereocenters. The number of methoxy groups -OCH3 is 1. The predicted octanol–water partition coefficient (Wildman–Crippen LogP) is 2.19. The number of ether oxygens (including phenoxy) is 1. The van der Waals surface area contributed by atoms with Crippen LogP contribution in [0.25, 0.3) is 0 Å². The van der Waals surface area contributed by atoms with Crippen molar-refractivity contribution in [1.29, 1.82) is 0 Å². The molecule has 0 fully saturated rings. The quantitative estimate of drug-likeness (QED) is 0.591. The van der Waals surface area contributed by atoms with E-state index in [1.54, 1.807) is 7.11 Å². The Hall–Kier alpha value is -0.980. The van der Waals surface area contributed by atoms with E-state index >= 15 is 0 Å². The molecule has 2 rings (SSSR count). The lowest BCUT2D eigenvalue weighted by molar-refractivity contribution is 0.412. The molecule has 1 nitrogen and oxygen atoms in total. The Labute approximate surface area is 67.0 Å². The molecular weight excluding hydrogens is 136 g/mol. The van der Waals surface area contributed by atoms with E-state index in [4.69, 9.17) is 4.74 Å². The molecule has 1 aliphatic carbocycles. The molecule has 0 amide bonds. The van der Waals surface area contributed by atoms with Gasteiger partial charge < -0.3 is 4.74 Å². The predicted molar refractivity (Wildman–Crippen MR) is 44.7 cm³/mol. The third kappa shape index (κ3) is 1.01. The van der Waals surface area contributed by atoms with Gasteiger partial charge in [0.2, 0.25) is 0 Å². The number of aryl methyl sites for hydroxylation is 1. The molecule has 0 saturated carbocycles. The Bertz CT molecular complexity index is 266. The molecule has 0 aliphatic heterocycles. The van der Waals surface area contributed by atoms with Crippen LogP contribution in [0.3, 0.4) is 0 Å². The highest BCUT2D eigenvalue weighted by atomic mass is 16.5.